The smallest absolute Gasteiger partial charge is 0.410 e. The van der Waals surface area contributed by atoms with Crippen LogP contribution in [0.1, 0.15) is 193 Å². The van der Waals surface area contributed by atoms with Crippen LogP contribution in [0.25, 0.3) is 14.5 Å². The third kappa shape index (κ3) is 24.7. The fraction of sp³-hybridized carbons (Fsp3) is 0.548. The van der Waals surface area contributed by atoms with E-state index >= 15 is 0 Å². The first-order valence-electron chi connectivity index (χ1n) is 38.3. The van der Waals surface area contributed by atoms with E-state index < -0.39 is 16.8 Å². The molecule has 10 aliphatic rings. The summed E-state index contributed by atoms with van der Waals surface area (Å²) in [6, 6.07) is 30.2. The second-order valence-electron chi connectivity index (χ2n) is 33.0. The lowest BCUT2D eigenvalue weighted by molar-refractivity contribution is -0.121. The molecule has 10 heterocycles. The number of nitrogens with two attached hydrogens (primary N) is 1. The van der Waals surface area contributed by atoms with Crippen LogP contribution < -0.4 is 11.1 Å². The maximum atomic E-state index is 12.2. The van der Waals surface area contributed by atoms with Crippen molar-refractivity contribution >= 4 is 69.8 Å². The Morgan fingerprint density at radius 1 is 0.445 bits per heavy atom. The molecule has 6 fully saturated rings. The second kappa shape index (κ2) is 37.0. The summed E-state index contributed by atoms with van der Waals surface area (Å²) in [7, 11) is 4.29. The number of likely N-dealkylation sites (tertiary alicyclic amines) is 5. The Balaban J connectivity index is 0.000000154. The average molecular weight is 1510 g/mol. The van der Waals surface area contributed by atoms with Crippen molar-refractivity contribution in [3.63, 3.8) is 0 Å². The number of nitrogens with one attached hydrogen (secondary N) is 2. The molecule has 4 N–H and O–H groups in total. The molecule has 0 unspecified atom stereocenters. The molecule has 4 aromatic carbocycles. The van der Waals surface area contributed by atoms with Gasteiger partial charge in [-0.1, -0.05) is 130 Å². The Kier molecular flexibility index (Phi) is 28.2. The molecule has 3 amide bonds. The summed E-state index contributed by atoms with van der Waals surface area (Å²) in [6.45, 7) is 51.5. The van der Waals surface area contributed by atoms with E-state index in [0.717, 1.165) is 193 Å². The number of nitrogen functional groups attached to an aromatic ring is 1. The quantitative estimate of drug-likeness (QED) is 0.0551. The maximum absolute atomic E-state index is 12.2. The van der Waals surface area contributed by atoms with Gasteiger partial charge in [0, 0.05) is 161 Å². The zero-order valence-corrected chi connectivity index (χ0v) is 66.2. The third-order valence-electron chi connectivity index (χ3n) is 20.6. The first-order chi connectivity index (χ1) is 52.2. The van der Waals surface area contributed by atoms with Crippen LogP contribution in [0.15, 0.2) is 130 Å². The molecule has 0 atom stereocenters. The lowest BCUT2D eigenvalue weighted by atomic mass is 9.85. The minimum atomic E-state index is -0.482. The molecule has 10 aliphatic heterocycles. The number of oxime groups is 4. The molecular formula is C84H111N15O11. The third-order valence-corrected chi connectivity index (χ3v) is 20.6. The van der Waals surface area contributed by atoms with Crippen molar-refractivity contribution < 1.29 is 52.7 Å². The van der Waals surface area contributed by atoms with E-state index in [4.69, 9.17) is 64.4 Å². The van der Waals surface area contributed by atoms with Gasteiger partial charge in [0.2, 0.25) is 0 Å². The van der Waals surface area contributed by atoms with Gasteiger partial charge in [0.05, 0.1) is 42.6 Å². The van der Waals surface area contributed by atoms with Crippen molar-refractivity contribution in [2.45, 2.75) is 204 Å². The number of carbonyl (C=O) groups is 4. The molecule has 0 aliphatic carbocycles. The Morgan fingerprint density at radius 2 is 0.709 bits per heavy atom. The number of amidine groups is 1. The predicted octanol–water partition coefficient (Wildman–Crippen LogP) is 15.2. The summed E-state index contributed by atoms with van der Waals surface area (Å²) >= 11 is 0. The van der Waals surface area contributed by atoms with Crippen LogP contribution in [0.3, 0.4) is 0 Å². The molecule has 6 saturated heterocycles. The molecule has 0 bridgehead atoms. The van der Waals surface area contributed by atoms with E-state index in [0.29, 0.717) is 56.1 Å². The Bertz CT molecular complexity index is 4050. The number of Topliss-reactive ketones (excluding diaryl/α,β-unsaturated/α-hetero) is 1. The van der Waals surface area contributed by atoms with Crippen LogP contribution in [0.4, 0.5) is 31.4 Å². The van der Waals surface area contributed by atoms with Crippen molar-refractivity contribution in [3.8, 4) is 0 Å². The van der Waals surface area contributed by atoms with Gasteiger partial charge in [-0.3, -0.25) is 10.2 Å². The number of ketones is 1. The SMILES string of the molecule is C=C1CCN(C(=O)OC(C)(C)C)CC1.CC(C)(C)OC(=O)N1CCC(=O)CC1.CN1CCC2(CC1)CC(c1ccc(C(=N)N)cc1)=NO2.[C-]#[N+]c1ccc(C2=NOC3(CCN(C(=O)OC(C)(C)C)CC3)C2)cc1.[C-]#[N+]c1ccc(C2=NOC3(CCN(C)CC3)C2)cc1.[C-]#[N+]c1ccc(C2=NOC3(CCNCC3)C2)cc1. The van der Waals surface area contributed by atoms with Gasteiger partial charge in [0.1, 0.15) is 50.8 Å². The summed E-state index contributed by atoms with van der Waals surface area (Å²) in [6.07, 6.45) is 12.9. The van der Waals surface area contributed by atoms with E-state index in [1.807, 2.05) is 147 Å². The zero-order chi connectivity index (χ0) is 79.5. The molecule has 26 nitrogen and oxygen atoms in total. The van der Waals surface area contributed by atoms with Crippen LogP contribution in [-0.2, 0) is 38.4 Å². The van der Waals surface area contributed by atoms with Crippen LogP contribution in [0, 0.1) is 25.1 Å². The summed E-state index contributed by atoms with van der Waals surface area (Å²) in [5.41, 5.74) is 15.6. The molecule has 110 heavy (non-hydrogen) atoms. The van der Waals surface area contributed by atoms with Gasteiger partial charge >= 0.3 is 18.3 Å². The molecule has 0 saturated carbocycles. The highest BCUT2D eigenvalue weighted by Crippen LogP contribution is 2.40. The fourth-order valence-electron chi connectivity index (χ4n) is 13.8. The number of nitrogens with zero attached hydrogens (tertiary/aromatic N) is 12. The normalized spacial score (nSPS) is 20.1. The Hall–Kier alpha value is -10.2. The van der Waals surface area contributed by atoms with Crippen LogP contribution in [0.2, 0.25) is 0 Å². The highest BCUT2D eigenvalue weighted by atomic mass is 16.7. The number of hydrogen-bond acceptors (Lipinski definition) is 19. The van der Waals surface area contributed by atoms with Crippen LogP contribution in [-0.4, -0.2) is 209 Å². The van der Waals surface area contributed by atoms with Crippen molar-refractivity contribution in [3.05, 3.63) is 171 Å². The molecule has 0 radical (unpaired) electrons. The van der Waals surface area contributed by atoms with Gasteiger partial charge in [-0.25, -0.2) is 28.9 Å². The molecule has 588 valence electrons. The number of rotatable bonds is 5. The van der Waals surface area contributed by atoms with E-state index in [-0.39, 0.29) is 52.3 Å². The van der Waals surface area contributed by atoms with Gasteiger partial charge in [-0.2, -0.15) is 0 Å². The zero-order valence-electron chi connectivity index (χ0n) is 66.2. The number of ether oxygens (including phenoxy) is 3. The summed E-state index contributed by atoms with van der Waals surface area (Å²) in [5, 5.41) is 27.9. The van der Waals surface area contributed by atoms with E-state index in [2.05, 4.69) is 70.9 Å². The van der Waals surface area contributed by atoms with Gasteiger partial charge < -0.3 is 69.1 Å². The van der Waals surface area contributed by atoms with Crippen LogP contribution in [0.5, 0.6) is 0 Å². The molecular weight excluding hydrogens is 1400 g/mol. The molecule has 4 aromatic rings. The topological polar surface area (TPSA) is 274 Å². The number of hydrogen-bond donors (Lipinski definition) is 3. The van der Waals surface area contributed by atoms with E-state index in [1.54, 1.807) is 26.8 Å². The van der Waals surface area contributed by atoms with Crippen molar-refractivity contribution in [1.82, 2.24) is 29.8 Å². The highest BCUT2D eigenvalue weighted by molar-refractivity contribution is 6.04. The average Bonchev–Trinajstić information content (AvgIpc) is 1.66. The Morgan fingerprint density at radius 3 is 0.991 bits per heavy atom. The minimum absolute atomic E-state index is 0.0830. The van der Waals surface area contributed by atoms with Crippen LogP contribution >= 0.6 is 0 Å². The summed E-state index contributed by atoms with van der Waals surface area (Å²) < 4.78 is 15.9. The lowest BCUT2D eigenvalue weighted by Gasteiger charge is -2.37. The molecule has 14 rings (SSSR count). The number of carbonyl (C=O) groups excluding carboxylic acids is 4. The second-order valence-corrected chi connectivity index (χ2v) is 33.0. The molecule has 26 heteroatoms. The minimum Gasteiger partial charge on any atom is -0.444 e. The monoisotopic (exact) mass is 1510 g/mol. The number of piperidine rings is 6. The van der Waals surface area contributed by atoms with Gasteiger partial charge in [0.25, 0.3) is 0 Å². The van der Waals surface area contributed by atoms with Crippen molar-refractivity contribution in [2.24, 2.45) is 26.4 Å². The standard InChI is InChI=1S/C19H23N3O3.C15H20N4O.C15H17N3O.C14H15N3O.C11H19NO2.C10H17NO3/c1-18(2,3)24-17(23)22-11-9-19(10-12-22)13-16(21-25-19)14-5-7-15(20-4)8-6-14;1-19-8-6-15(7-9-19)10-13(18-20-15)11-2-4-12(5-3-11)14(16)17;1-16-13-5-3-12(4-6-13)14-11-15(19-17-14)7-9-18(2)10-8-15;1-15-12-4-2-11(3-5-12)13-10-14(18-17-13)6-8-16-9-7-14;1-9-5-7-12(8-6-9)10(13)14-11(2,3)4;1-10(2,3)14-9(13)11-6-4-8(12)5-7-11/h5-8H,9-13H2,1-3H3;2-5H,6-10H2,1H3,(H3,16,17);3-6H,7-11H2,2H3;2-5,16H,6-10H2;1,5-8H2,2-4H3;4-7H2,1-3H3. The summed E-state index contributed by atoms with van der Waals surface area (Å²) in [4.78, 5) is 89.1. The van der Waals surface area contributed by atoms with Crippen molar-refractivity contribution in [2.75, 3.05) is 92.6 Å². The Labute approximate surface area is 649 Å². The maximum Gasteiger partial charge on any atom is 0.410 e. The van der Waals surface area contributed by atoms with E-state index in [1.165, 1.54) is 5.57 Å². The number of amides is 3. The van der Waals surface area contributed by atoms with Crippen molar-refractivity contribution in [1.29, 1.82) is 5.41 Å². The van der Waals surface area contributed by atoms with Gasteiger partial charge in [-0.05, 0) is 125 Å². The first-order valence-corrected chi connectivity index (χ1v) is 38.3. The molecule has 4 spiro atoms. The summed E-state index contributed by atoms with van der Waals surface area (Å²) in [5.74, 6) is 0.317. The van der Waals surface area contributed by atoms with Gasteiger partial charge in [-0.15, -0.1) is 0 Å². The lowest BCUT2D eigenvalue weighted by Crippen LogP contribution is -2.48. The van der Waals surface area contributed by atoms with Gasteiger partial charge in [0.15, 0.2) is 17.1 Å². The van der Waals surface area contributed by atoms with E-state index in [9.17, 15) is 19.2 Å². The number of benzene rings is 4. The fourth-order valence-corrected chi connectivity index (χ4v) is 13.8. The highest BCUT2D eigenvalue weighted by Gasteiger charge is 2.46. The first kappa shape index (κ1) is 83.8. The molecule has 0 aromatic heterocycles. The largest absolute Gasteiger partial charge is 0.444 e. The predicted molar refractivity (Wildman–Crippen MR) is 426 cm³/mol.